The number of nitrogens with zero attached hydrogens (tertiary/aromatic N) is 3. The quantitative estimate of drug-likeness (QED) is 0.860. The van der Waals surface area contributed by atoms with E-state index < -0.39 is 0 Å². The van der Waals surface area contributed by atoms with Crippen LogP contribution in [0.2, 0.25) is 0 Å². The standard InChI is InChI=1S/C13H22N4O/c1-4-18-11-5-7-14-12(16-11)15-9-13(2)6-8-17(3)10-13/h5,7H,4,6,8-10H2,1-3H3,(H,14,15,16). The van der Waals surface area contributed by atoms with Crippen molar-refractivity contribution >= 4 is 5.95 Å². The normalized spacial score (nSPS) is 24.2. The number of rotatable bonds is 5. The summed E-state index contributed by atoms with van der Waals surface area (Å²) in [5.41, 5.74) is 0.305. The molecule has 5 nitrogen and oxygen atoms in total. The molecule has 0 amide bonds. The zero-order chi connectivity index (χ0) is 13.0. The van der Waals surface area contributed by atoms with Crippen LogP contribution in [0.15, 0.2) is 12.3 Å². The first kappa shape index (κ1) is 13.1. The Morgan fingerprint density at radius 3 is 3.06 bits per heavy atom. The first-order valence-electron chi connectivity index (χ1n) is 6.49. The number of aromatic nitrogens is 2. The van der Waals surface area contributed by atoms with Gasteiger partial charge in [0.1, 0.15) is 0 Å². The Labute approximate surface area is 109 Å². The Hall–Kier alpha value is -1.36. The second-order valence-electron chi connectivity index (χ2n) is 5.30. The van der Waals surface area contributed by atoms with E-state index in [-0.39, 0.29) is 0 Å². The van der Waals surface area contributed by atoms with Crippen LogP contribution in [0.5, 0.6) is 5.88 Å². The van der Waals surface area contributed by atoms with Gasteiger partial charge in [0, 0.05) is 25.4 Å². The Bertz CT molecular complexity index is 398. The molecule has 1 saturated heterocycles. The van der Waals surface area contributed by atoms with Crippen molar-refractivity contribution in [2.24, 2.45) is 5.41 Å². The third-order valence-corrected chi connectivity index (χ3v) is 3.34. The van der Waals surface area contributed by atoms with E-state index in [1.54, 1.807) is 12.3 Å². The van der Waals surface area contributed by atoms with Crippen molar-refractivity contribution in [1.82, 2.24) is 14.9 Å². The zero-order valence-corrected chi connectivity index (χ0v) is 11.4. The lowest BCUT2D eigenvalue weighted by molar-refractivity contribution is 0.321. The van der Waals surface area contributed by atoms with Gasteiger partial charge < -0.3 is 15.0 Å². The Morgan fingerprint density at radius 2 is 2.39 bits per heavy atom. The van der Waals surface area contributed by atoms with Gasteiger partial charge in [-0.3, -0.25) is 0 Å². The zero-order valence-electron chi connectivity index (χ0n) is 11.4. The van der Waals surface area contributed by atoms with Crippen molar-refractivity contribution in [3.05, 3.63) is 12.3 Å². The molecule has 1 aliphatic rings. The Kier molecular flexibility index (Phi) is 4.01. The second-order valence-corrected chi connectivity index (χ2v) is 5.30. The van der Waals surface area contributed by atoms with Crippen LogP contribution in [0, 0.1) is 5.41 Å². The summed E-state index contributed by atoms with van der Waals surface area (Å²) >= 11 is 0. The number of nitrogens with one attached hydrogen (secondary N) is 1. The molecule has 0 saturated carbocycles. The summed E-state index contributed by atoms with van der Waals surface area (Å²) in [7, 11) is 2.16. The van der Waals surface area contributed by atoms with Crippen LogP contribution in [0.4, 0.5) is 5.95 Å². The number of anilines is 1. The number of hydrogen-bond donors (Lipinski definition) is 1. The number of likely N-dealkylation sites (tertiary alicyclic amines) is 1. The van der Waals surface area contributed by atoms with Crippen molar-refractivity contribution in [3.63, 3.8) is 0 Å². The highest BCUT2D eigenvalue weighted by molar-refractivity contribution is 5.28. The van der Waals surface area contributed by atoms with Crippen LogP contribution in [0.3, 0.4) is 0 Å². The lowest BCUT2D eigenvalue weighted by Gasteiger charge is -2.24. The summed E-state index contributed by atoms with van der Waals surface area (Å²) < 4.78 is 5.36. The van der Waals surface area contributed by atoms with Crippen molar-refractivity contribution in [3.8, 4) is 5.88 Å². The summed E-state index contributed by atoms with van der Waals surface area (Å²) in [5.74, 6) is 1.28. The molecule has 1 aromatic heterocycles. The molecule has 0 bridgehead atoms. The molecule has 0 spiro atoms. The van der Waals surface area contributed by atoms with Gasteiger partial charge in [0.2, 0.25) is 11.8 Å². The fraction of sp³-hybridized carbons (Fsp3) is 0.692. The van der Waals surface area contributed by atoms with Gasteiger partial charge in [-0.1, -0.05) is 6.92 Å². The van der Waals surface area contributed by atoms with Gasteiger partial charge in [0.05, 0.1) is 6.61 Å². The minimum absolute atomic E-state index is 0.305. The van der Waals surface area contributed by atoms with Crippen molar-refractivity contribution in [2.75, 3.05) is 38.6 Å². The fourth-order valence-corrected chi connectivity index (χ4v) is 2.36. The highest BCUT2D eigenvalue weighted by atomic mass is 16.5. The average Bonchev–Trinajstić information content (AvgIpc) is 2.69. The van der Waals surface area contributed by atoms with Crippen LogP contribution in [0.1, 0.15) is 20.3 Å². The first-order valence-corrected chi connectivity index (χ1v) is 6.49. The summed E-state index contributed by atoms with van der Waals surface area (Å²) in [6.45, 7) is 8.05. The van der Waals surface area contributed by atoms with Gasteiger partial charge in [-0.05, 0) is 32.4 Å². The molecule has 1 atom stereocenters. The highest BCUT2D eigenvalue weighted by Gasteiger charge is 2.31. The lowest BCUT2D eigenvalue weighted by Crippen LogP contribution is -2.30. The third-order valence-electron chi connectivity index (χ3n) is 3.34. The highest BCUT2D eigenvalue weighted by Crippen LogP contribution is 2.28. The van der Waals surface area contributed by atoms with Crippen molar-refractivity contribution in [2.45, 2.75) is 20.3 Å². The molecule has 100 valence electrons. The van der Waals surface area contributed by atoms with Gasteiger partial charge in [-0.2, -0.15) is 4.98 Å². The topological polar surface area (TPSA) is 50.3 Å². The maximum atomic E-state index is 5.36. The molecule has 1 aliphatic heterocycles. The molecule has 18 heavy (non-hydrogen) atoms. The van der Waals surface area contributed by atoms with E-state index >= 15 is 0 Å². The largest absolute Gasteiger partial charge is 0.478 e. The molecule has 2 rings (SSSR count). The van der Waals surface area contributed by atoms with E-state index in [0.29, 0.717) is 23.9 Å². The fourth-order valence-electron chi connectivity index (χ4n) is 2.36. The molecule has 2 heterocycles. The van der Waals surface area contributed by atoms with E-state index in [4.69, 9.17) is 4.74 Å². The van der Waals surface area contributed by atoms with E-state index in [2.05, 4.69) is 34.2 Å². The van der Waals surface area contributed by atoms with Crippen molar-refractivity contribution < 1.29 is 4.74 Å². The molecule has 0 radical (unpaired) electrons. The van der Waals surface area contributed by atoms with Crippen LogP contribution in [-0.4, -0.2) is 48.2 Å². The average molecular weight is 250 g/mol. The molecule has 5 heteroatoms. The van der Waals surface area contributed by atoms with Crippen LogP contribution in [0.25, 0.3) is 0 Å². The van der Waals surface area contributed by atoms with Gasteiger partial charge in [0.25, 0.3) is 0 Å². The van der Waals surface area contributed by atoms with E-state index in [9.17, 15) is 0 Å². The number of ether oxygens (including phenoxy) is 1. The first-order chi connectivity index (χ1) is 8.61. The second kappa shape index (κ2) is 5.52. The molecular formula is C13H22N4O. The van der Waals surface area contributed by atoms with Crippen molar-refractivity contribution in [1.29, 1.82) is 0 Å². The van der Waals surface area contributed by atoms with Crippen LogP contribution >= 0.6 is 0 Å². The van der Waals surface area contributed by atoms with E-state index in [0.717, 1.165) is 19.6 Å². The van der Waals surface area contributed by atoms with Gasteiger partial charge in [-0.25, -0.2) is 4.98 Å². The molecule has 1 N–H and O–H groups in total. The maximum absolute atomic E-state index is 5.36. The Balaban J connectivity index is 1.91. The molecular weight excluding hydrogens is 228 g/mol. The molecule has 0 aliphatic carbocycles. The monoisotopic (exact) mass is 250 g/mol. The molecule has 0 aromatic carbocycles. The molecule has 1 fully saturated rings. The number of hydrogen-bond acceptors (Lipinski definition) is 5. The van der Waals surface area contributed by atoms with Gasteiger partial charge in [0.15, 0.2) is 0 Å². The van der Waals surface area contributed by atoms with Crippen LogP contribution < -0.4 is 10.1 Å². The SMILES string of the molecule is CCOc1ccnc(NCC2(C)CCN(C)C2)n1. The summed E-state index contributed by atoms with van der Waals surface area (Å²) in [5, 5.41) is 3.32. The maximum Gasteiger partial charge on any atom is 0.225 e. The summed E-state index contributed by atoms with van der Waals surface area (Å²) in [4.78, 5) is 10.9. The van der Waals surface area contributed by atoms with E-state index in [1.165, 1.54) is 6.42 Å². The summed E-state index contributed by atoms with van der Waals surface area (Å²) in [6, 6.07) is 1.78. The summed E-state index contributed by atoms with van der Waals surface area (Å²) in [6.07, 6.45) is 2.94. The van der Waals surface area contributed by atoms with Gasteiger partial charge >= 0.3 is 0 Å². The third kappa shape index (κ3) is 3.32. The minimum atomic E-state index is 0.305. The minimum Gasteiger partial charge on any atom is -0.478 e. The van der Waals surface area contributed by atoms with Gasteiger partial charge in [-0.15, -0.1) is 0 Å². The molecule has 1 unspecified atom stereocenters. The molecule has 1 aromatic rings. The van der Waals surface area contributed by atoms with Crippen LogP contribution in [-0.2, 0) is 0 Å². The smallest absolute Gasteiger partial charge is 0.225 e. The van der Waals surface area contributed by atoms with E-state index in [1.807, 2.05) is 6.92 Å². The Morgan fingerprint density at radius 1 is 1.56 bits per heavy atom. The lowest BCUT2D eigenvalue weighted by atomic mass is 9.90. The predicted molar refractivity (Wildman–Crippen MR) is 71.9 cm³/mol. The predicted octanol–water partition coefficient (Wildman–Crippen LogP) is 1.63.